The number of aliphatic hydroxyl groups excluding tert-OH is 1. The molecule has 0 spiro atoms. The van der Waals surface area contributed by atoms with E-state index in [1.165, 1.54) is 0 Å². The summed E-state index contributed by atoms with van der Waals surface area (Å²) in [7, 11) is 0. The molecule has 0 saturated carbocycles. The van der Waals surface area contributed by atoms with Gasteiger partial charge in [-0.2, -0.15) is 0 Å². The van der Waals surface area contributed by atoms with Crippen LogP contribution in [0.5, 0.6) is 0 Å². The molecule has 0 radical (unpaired) electrons. The van der Waals surface area contributed by atoms with Gasteiger partial charge in [-0.1, -0.05) is 13.8 Å². The minimum Gasteiger partial charge on any atom is -0.390 e. The first-order chi connectivity index (χ1) is 4.04. The Kier molecular flexibility index (Phi) is 11.4. The lowest BCUT2D eigenvalue weighted by molar-refractivity contribution is 0.0810. The molecule has 72 valence electrons. The molecule has 0 bridgehead atoms. The zero-order valence-electron chi connectivity index (χ0n) is 6.91. The van der Waals surface area contributed by atoms with Crippen molar-refractivity contribution in [3.63, 3.8) is 0 Å². The van der Waals surface area contributed by atoms with Crippen LogP contribution in [0.15, 0.2) is 0 Å². The third-order valence-electron chi connectivity index (χ3n) is 1.62. The molecule has 0 aliphatic carbocycles. The summed E-state index contributed by atoms with van der Waals surface area (Å²) in [4.78, 5) is 0. The van der Waals surface area contributed by atoms with Gasteiger partial charge >= 0.3 is 0 Å². The minimum absolute atomic E-state index is 0. The molecule has 0 aliphatic heterocycles. The van der Waals surface area contributed by atoms with E-state index in [-0.39, 0.29) is 24.8 Å². The third-order valence-corrected chi connectivity index (χ3v) is 1.62. The third kappa shape index (κ3) is 5.70. The molecular weight excluding hydrogens is 187 g/mol. The molecule has 0 aliphatic rings. The Bertz CT molecular complexity index is 90.7. The van der Waals surface area contributed by atoms with Crippen molar-refractivity contribution in [1.82, 2.24) is 0 Å². The number of nitrogens with two attached hydrogens (primary N) is 2. The van der Waals surface area contributed by atoms with Gasteiger partial charge in [-0.15, -0.1) is 24.8 Å². The second-order valence-corrected chi connectivity index (χ2v) is 2.39. The van der Waals surface area contributed by atoms with Gasteiger partial charge < -0.3 is 16.6 Å². The van der Waals surface area contributed by atoms with Gasteiger partial charge in [0.15, 0.2) is 0 Å². The van der Waals surface area contributed by atoms with E-state index in [0.717, 1.165) is 0 Å². The van der Waals surface area contributed by atoms with Crippen LogP contribution in [0, 0.1) is 0 Å². The number of aliphatic hydroxyl groups is 1. The molecule has 0 heterocycles. The van der Waals surface area contributed by atoms with Crippen LogP contribution >= 0.6 is 24.8 Å². The maximum atomic E-state index is 9.14. The van der Waals surface area contributed by atoms with E-state index >= 15 is 0 Å². The van der Waals surface area contributed by atoms with Crippen molar-refractivity contribution in [2.24, 2.45) is 11.5 Å². The van der Waals surface area contributed by atoms with Gasteiger partial charge in [0.05, 0.1) is 11.8 Å². The van der Waals surface area contributed by atoms with Crippen molar-refractivity contribution in [3.8, 4) is 0 Å². The molecule has 0 aromatic carbocycles. The van der Waals surface area contributed by atoms with Crippen LogP contribution < -0.4 is 11.5 Å². The minimum atomic E-state index is -0.894. The molecule has 0 fully saturated rings. The standard InChI is InChI=1S/C6H16N2O.2ClH/c1-3-5(9)6(7,8)4-2;;/h5,9H,3-4,7-8H2,1-2H3;2*1H. The van der Waals surface area contributed by atoms with Crippen molar-refractivity contribution in [1.29, 1.82) is 0 Å². The molecule has 0 saturated heterocycles. The van der Waals surface area contributed by atoms with Crippen molar-refractivity contribution in [2.75, 3.05) is 0 Å². The molecule has 11 heavy (non-hydrogen) atoms. The summed E-state index contributed by atoms with van der Waals surface area (Å²) in [6.45, 7) is 3.72. The molecule has 1 unspecified atom stereocenters. The van der Waals surface area contributed by atoms with Crippen LogP contribution in [0.4, 0.5) is 0 Å². The van der Waals surface area contributed by atoms with Crippen LogP contribution in [0.1, 0.15) is 26.7 Å². The van der Waals surface area contributed by atoms with Crippen LogP contribution in [0.3, 0.4) is 0 Å². The lowest BCUT2D eigenvalue weighted by atomic mass is 10.0. The summed E-state index contributed by atoms with van der Waals surface area (Å²) >= 11 is 0. The molecule has 5 N–H and O–H groups in total. The molecule has 0 aromatic heterocycles. The van der Waals surface area contributed by atoms with Gasteiger partial charge in [0.25, 0.3) is 0 Å². The summed E-state index contributed by atoms with van der Waals surface area (Å²) in [5.74, 6) is 0. The van der Waals surface area contributed by atoms with Gasteiger partial charge in [-0.3, -0.25) is 0 Å². The maximum absolute atomic E-state index is 9.14. The van der Waals surface area contributed by atoms with Gasteiger partial charge in [0.1, 0.15) is 0 Å². The molecule has 0 aromatic rings. The van der Waals surface area contributed by atoms with E-state index in [1.807, 2.05) is 13.8 Å². The molecular formula is C6H18Cl2N2O. The second kappa shape index (κ2) is 7.13. The fourth-order valence-corrected chi connectivity index (χ4v) is 0.616. The van der Waals surface area contributed by atoms with E-state index < -0.39 is 11.8 Å². The molecule has 0 amide bonds. The fraction of sp³-hybridized carbons (Fsp3) is 1.00. The van der Waals surface area contributed by atoms with Gasteiger partial charge in [0.2, 0.25) is 0 Å². The largest absolute Gasteiger partial charge is 0.390 e. The summed E-state index contributed by atoms with van der Waals surface area (Å²) in [5.41, 5.74) is 10.1. The zero-order chi connectivity index (χ0) is 7.49. The van der Waals surface area contributed by atoms with Gasteiger partial charge in [0, 0.05) is 0 Å². The zero-order valence-corrected chi connectivity index (χ0v) is 8.54. The highest BCUT2D eigenvalue weighted by Gasteiger charge is 2.24. The first-order valence-corrected chi connectivity index (χ1v) is 3.30. The highest BCUT2D eigenvalue weighted by atomic mass is 35.5. The Morgan fingerprint density at radius 2 is 1.64 bits per heavy atom. The van der Waals surface area contributed by atoms with E-state index in [1.54, 1.807) is 0 Å². The fourth-order valence-electron chi connectivity index (χ4n) is 0.616. The van der Waals surface area contributed by atoms with E-state index in [2.05, 4.69) is 0 Å². The predicted molar refractivity (Wildman–Crippen MR) is 52.2 cm³/mol. The van der Waals surface area contributed by atoms with E-state index in [0.29, 0.717) is 12.8 Å². The van der Waals surface area contributed by atoms with Crippen molar-refractivity contribution in [3.05, 3.63) is 0 Å². The van der Waals surface area contributed by atoms with Gasteiger partial charge in [-0.05, 0) is 12.8 Å². The Morgan fingerprint density at radius 1 is 1.27 bits per heavy atom. The SMILES string of the molecule is CCC(O)C(N)(N)CC.Cl.Cl. The Balaban J connectivity index is -0.000000320. The number of hydrogen-bond acceptors (Lipinski definition) is 3. The normalized spacial score (nSPS) is 12.8. The van der Waals surface area contributed by atoms with Gasteiger partial charge in [-0.25, -0.2) is 0 Å². The van der Waals surface area contributed by atoms with E-state index in [4.69, 9.17) is 16.6 Å². The van der Waals surface area contributed by atoms with E-state index in [9.17, 15) is 0 Å². The lowest BCUT2D eigenvalue weighted by Crippen LogP contribution is -2.58. The second-order valence-electron chi connectivity index (χ2n) is 2.39. The molecule has 5 heteroatoms. The number of rotatable bonds is 3. The number of halogens is 2. The highest BCUT2D eigenvalue weighted by molar-refractivity contribution is 5.85. The van der Waals surface area contributed by atoms with Crippen LogP contribution in [0.25, 0.3) is 0 Å². The van der Waals surface area contributed by atoms with Crippen LogP contribution in [-0.2, 0) is 0 Å². The molecule has 1 atom stereocenters. The first-order valence-electron chi connectivity index (χ1n) is 3.30. The monoisotopic (exact) mass is 204 g/mol. The Morgan fingerprint density at radius 3 is 1.73 bits per heavy atom. The lowest BCUT2D eigenvalue weighted by Gasteiger charge is -2.27. The first kappa shape index (κ1) is 17.5. The smallest absolute Gasteiger partial charge is 0.0900 e. The maximum Gasteiger partial charge on any atom is 0.0900 e. The molecule has 3 nitrogen and oxygen atoms in total. The summed E-state index contributed by atoms with van der Waals surface area (Å²) in [5, 5.41) is 9.14. The quantitative estimate of drug-likeness (QED) is 0.591. The average molecular weight is 205 g/mol. The summed E-state index contributed by atoms with van der Waals surface area (Å²) < 4.78 is 0. The van der Waals surface area contributed by atoms with Crippen LogP contribution in [-0.4, -0.2) is 16.9 Å². The Labute approximate surface area is 80.3 Å². The topological polar surface area (TPSA) is 72.3 Å². The molecule has 0 rings (SSSR count). The Hall–Kier alpha value is 0.460. The number of hydrogen-bond donors (Lipinski definition) is 3. The van der Waals surface area contributed by atoms with Crippen LogP contribution in [0.2, 0.25) is 0 Å². The average Bonchev–Trinajstić information content (AvgIpc) is 1.86. The van der Waals surface area contributed by atoms with Crippen molar-refractivity contribution >= 4 is 24.8 Å². The van der Waals surface area contributed by atoms with Crippen molar-refractivity contribution in [2.45, 2.75) is 38.5 Å². The highest BCUT2D eigenvalue weighted by Crippen LogP contribution is 2.06. The van der Waals surface area contributed by atoms with Crippen molar-refractivity contribution < 1.29 is 5.11 Å². The predicted octanol–water partition coefficient (Wildman–Crippen LogP) is 0.625. The summed E-state index contributed by atoms with van der Waals surface area (Å²) in [6, 6.07) is 0. The summed E-state index contributed by atoms with van der Waals surface area (Å²) in [6.07, 6.45) is 0.630.